The van der Waals surface area contributed by atoms with Crippen LogP contribution in [0, 0.1) is 0 Å². The Labute approximate surface area is 137 Å². The maximum Gasteiger partial charge on any atom is 0.263 e. The molecule has 4 nitrogen and oxygen atoms in total. The van der Waals surface area contributed by atoms with Gasteiger partial charge in [0.1, 0.15) is 0 Å². The number of furan rings is 1. The molecule has 0 amide bonds. The second-order valence-corrected chi connectivity index (χ2v) is 5.40. The van der Waals surface area contributed by atoms with Crippen LogP contribution in [0.4, 0.5) is 0 Å². The fourth-order valence-corrected chi connectivity index (χ4v) is 2.80. The summed E-state index contributed by atoms with van der Waals surface area (Å²) < 4.78 is 6.74. The normalized spacial score (nSPS) is 10.8. The number of carbonyl (C=O) groups excluding carboxylic acids is 2. The van der Waals surface area contributed by atoms with Crippen molar-refractivity contribution in [3.63, 3.8) is 0 Å². The monoisotopic (exact) mass is 315 g/mol. The smallest absolute Gasteiger partial charge is 0.263 e. The van der Waals surface area contributed by atoms with Gasteiger partial charge in [0.05, 0.1) is 17.3 Å². The molecule has 0 bridgehead atoms. The first-order valence-electron chi connectivity index (χ1n) is 7.54. The Hall–Kier alpha value is -3.40. The zero-order valence-corrected chi connectivity index (χ0v) is 12.7. The third-order valence-electron chi connectivity index (χ3n) is 3.97. The van der Waals surface area contributed by atoms with Crippen molar-refractivity contribution >= 4 is 22.6 Å². The standard InChI is InChI=1S/C20H13NO3/c22-19(18-10-5-13-24-18)15-7-2-3-8-16(15)20(23)21-12-11-14-6-1-4-9-17(14)21/h1-13H. The zero-order valence-electron chi connectivity index (χ0n) is 12.7. The average Bonchev–Trinajstić information content (AvgIpc) is 3.30. The zero-order chi connectivity index (χ0) is 16.5. The van der Waals surface area contributed by atoms with Gasteiger partial charge in [-0.1, -0.05) is 36.4 Å². The summed E-state index contributed by atoms with van der Waals surface area (Å²) in [7, 11) is 0. The van der Waals surface area contributed by atoms with E-state index in [1.807, 2.05) is 30.3 Å². The molecule has 0 spiro atoms. The first-order valence-corrected chi connectivity index (χ1v) is 7.54. The third-order valence-corrected chi connectivity index (χ3v) is 3.97. The van der Waals surface area contributed by atoms with Crippen LogP contribution < -0.4 is 0 Å². The second kappa shape index (κ2) is 5.66. The van der Waals surface area contributed by atoms with Crippen molar-refractivity contribution in [1.82, 2.24) is 4.57 Å². The summed E-state index contributed by atoms with van der Waals surface area (Å²) in [6.07, 6.45) is 3.16. The molecule has 2 aromatic heterocycles. The van der Waals surface area contributed by atoms with E-state index in [0.717, 1.165) is 10.9 Å². The van der Waals surface area contributed by atoms with Gasteiger partial charge in [0.15, 0.2) is 5.76 Å². The lowest BCUT2D eigenvalue weighted by Gasteiger charge is -2.08. The number of ketones is 1. The van der Waals surface area contributed by atoms with Gasteiger partial charge in [-0.3, -0.25) is 14.2 Å². The van der Waals surface area contributed by atoms with Gasteiger partial charge < -0.3 is 4.42 Å². The lowest BCUT2D eigenvalue weighted by atomic mass is 10.0. The molecule has 2 aromatic carbocycles. The molecule has 4 aromatic rings. The lowest BCUT2D eigenvalue weighted by molar-refractivity contribution is 0.0948. The quantitative estimate of drug-likeness (QED) is 0.534. The molecule has 24 heavy (non-hydrogen) atoms. The Morgan fingerprint density at radius 3 is 2.33 bits per heavy atom. The van der Waals surface area contributed by atoms with Crippen LogP contribution in [0.15, 0.2) is 83.6 Å². The van der Waals surface area contributed by atoms with E-state index in [0.29, 0.717) is 11.1 Å². The van der Waals surface area contributed by atoms with E-state index in [2.05, 4.69) is 0 Å². The van der Waals surface area contributed by atoms with Crippen LogP contribution in [-0.2, 0) is 0 Å². The van der Waals surface area contributed by atoms with Gasteiger partial charge in [0.2, 0.25) is 5.78 Å². The van der Waals surface area contributed by atoms with Crippen LogP contribution in [0.25, 0.3) is 10.9 Å². The van der Waals surface area contributed by atoms with Gasteiger partial charge in [-0.05, 0) is 30.3 Å². The molecular formula is C20H13NO3. The van der Waals surface area contributed by atoms with Crippen molar-refractivity contribution in [2.24, 2.45) is 0 Å². The number of benzene rings is 2. The minimum Gasteiger partial charge on any atom is -0.461 e. The first-order chi connectivity index (χ1) is 11.8. The predicted octanol–water partition coefficient (Wildman–Crippen LogP) is 4.15. The third kappa shape index (κ3) is 2.25. The molecule has 0 aliphatic carbocycles. The summed E-state index contributed by atoms with van der Waals surface area (Å²) in [6, 6.07) is 19.5. The van der Waals surface area contributed by atoms with E-state index in [9.17, 15) is 9.59 Å². The van der Waals surface area contributed by atoms with Crippen LogP contribution >= 0.6 is 0 Å². The van der Waals surface area contributed by atoms with Crippen LogP contribution in [0.3, 0.4) is 0 Å². The highest BCUT2D eigenvalue weighted by Crippen LogP contribution is 2.20. The number of nitrogens with zero attached hydrogens (tertiary/aromatic N) is 1. The molecule has 4 rings (SSSR count). The first kappa shape index (κ1) is 14.2. The van der Waals surface area contributed by atoms with E-state index in [-0.39, 0.29) is 17.5 Å². The molecule has 0 atom stereocenters. The Morgan fingerprint density at radius 1 is 0.792 bits per heavy atom. The number of fused-ring (bicyclic) bond motifs is 1. The summed E-state index contributed by atoms with van der Waals surface area (Å²) in [5.74, 6) is -0.334. The van der Waals surface area contributed by atoms with Crippen molar-refractivity contribution in [1.29, 1.82) is 0 Å². The van der Waals surface area contributed by atoms with Crippen LogP contribution in [0.1, 0.15) is 26.5 Å². The number of carbonyl (C=O) groups is 2. The van der Waals surface area contributed by atoms with Crippen molar-refractivity contribution in [3.05, 3.63) is 96.1 Å². The van der Waals surface area contributed by atoms with Gasteiger partial charge >= 0.3 is 0 Å². The Balaban J connectivity index is 1.82. The lowest BCUT2D eigenvalue weighted by Crippen LogP contribution is -2.15. The Bertz CT molecular complexity index is 1040. The van der Waals surface area contributed by atoms with Gasteiger partial charge in [-0.2, -0.15) is 0 Å². The Morgan fingerprint density at radius 2 is 1.54 bits per heavy atom. The maximum absolute atomic E-state index is 13.0. The maximum atomic E-state index is 13.0. The van der Waals surface area contributed by atoms with E-state index < -0.39 is 0 Å². The fourth-order valence-electron chi connectivity index (χ4n) is 2.80. The molecule has 0 fully saturated rings. The molecule has 0 radical (unpaired) electrons. The van der Waals surface area contributed by atoms with Crippen LogP contribution in [0.5, 0.6) is 0 Å². The molecule has 4 heteroatoms. The highest BCUT2D eigenvalue weighted by molar-refractivity contribution is 6.15. The Kier molecular flexibility index (Phi) is 3.35. The molecule has 0 aliphatic heterocycles. The van der Waals surface area contributed by atoms with Crippen molar-refractivity contribution in [3.8, 4) is 0 Å². The number of para-hydroxylation sites is 1. The molecule has 0 saturated heterocycles. The molecule has 0 aliphatic rings. The van der Waals surface area contributed by atoms with E-state index in [1.165, 1.54) is 6.26 Å². The molecule has 2 heterocycles. The van der Waals surface area contributed by atoms with Gasteiger partial charge in [0, 0.05) is 17.1 Å². The van der Waals surface area contributed by atoms with Crippen molar-refractivity contribution in [2.45, 2.75) is 0 Å². The SMILES string of the molecule is O=C(c1ccco1)c1ccccc1C(=O)n1ccc2ccccc21. The topological polar surface area (TPSA) is 52.2 Å². The second-order valence-electron chi connectivity index (χ2n) is 5.40. The molecular weight excluding hydrogens is 302 g/mol. The summed E-state index contributed by atoms with van der Waals surface area (Å²) in [5, 5.41) is 0.973. The summed E-state index contributed by atoms with van der Waals surface area (Å²) in [5.41, 5.74) is 1.48. The van der Waals surface area contributed by atoms with E-state index >= 15 is 0 Å². The largest absolute Gasteiger partial charge is 0.461 e. The minimum absolute atomic E-state index is 0.215. The fraction of sp³-hybridized carbons (Fsp3) is 0. The average molecular weight is 315 g/mol. The van der Waals surface area contributed by atoms with Gasteiger partial charge in [-0.25, -0.2) is 0 Å². The van der Waals surface area contributed by atoms with E-state index in [4.69, 9.17) is 4.42 Å². The summed E-state index contributed by atoms with van der Waals surface area (Å²) >= 11 is 0. The minimum atomic E-state index is -0.305. The van der Waals surface area contributed by atoms with E-state index in [1.54, 1.807) is 47.2 Å². The molecule has 0 unspecified atom stereocenters. The highest BCUT2D eigenvalue weighted by atomic mass is 16.3. The molecule has 116 valence electrons. The molecule has 0 N–H and O–H groups in total. The van der Waals surface area contributed by atoms with Crippen molar-refractivity contribution < 1.29 is 14.0 Å². The number of rotatable bonds is 3. The van der Waals surface area contributed by atoms with Crippen LogP contribution in [-0.4, -0.2) is 16.3 Å². The highest BCUT2D eigenvalue weighted by Gasteiger charge is 2.21. The molecule has 0 saturated carbocycles. The summed E-state index contributed by atoms with van der Waals surface area (Å²) in [6.45, 7) is 0. The van der Waals surface area contributed by atoms with Crippen LogP contribution in [0.2, 0.25) is 0 Å². The number of aromatic nitrogens is 1. The van der Waals surface area contributed by atoms with Gasteiger partial charge in [0.25, 0.3) is 5.91 Å². The van der Waals surface area contributed by atoms with Crippen molar-refractivity contribution in [2.75, 3.05) is 0 Å². The summed E-state index contributed by atoms with van der Waals surface area (Å²) in [4.78, 5) is 25.6. The predicted molar refractivity (Wildman–Crippen MR) is 90.2 cm³/mol. The van der Waals surface area contributed by atoms with Gasteiger partial charge in [-0.15, -0.1) is 0 Å². The number of hydrogen-bond acceptors (Lipinski definition) is 3. The number of hydrogen-bond donors (Lipinski definition) is 0.